The van der Waals surface area contributed by atoms with Crippen molar-refractivity contribution < 1.29 is 4.79 Å². The number of amides is 1. The minimum absolute atomic E-state index is 0.0351. The van der Waals surface area contributed by atoms with Gasteiger partial charge in [0.25, 0.3) is 5.91 Å². The van der Waals surface area contributed by atoms with Gasteiger partial charge in [-0.3, -0.25) is 9.48 Å². The first-order valence-corrected chi connectivity index (χ1v) is 13.0. The molecule has 5 aromatic rings. The van der Waals surface area contributed by atoms with Crippen LogP contribution < -0.4 is 4.90 Å². The van der Waals surface area contributed by atoms with Gasteiger partial charge in [0, 0.05) is 72.1 Å². The molecule has 0 spiro atoms. The van der Waals surface area contributed by atoms with Crippen molar-refractivity contribution in [2.45, 2.75) is 18.5 Å². The first-order chi connectivity index (χ1) is 19.5. The molecule has 0 saturated carbocycles. The standard InChI is InChI=1S/C31H24N8O/c1-3-20-5-4-6-21(9-20)31(40)39-26-11-27(39)19-37(18-26)29-8-7-22(13-33-29)28-10-23(25-15-34-36(2)16-25)17-38-30(28)24(12-32)14-35-38/h1,4-10,13-17,26-27H,11,18-19H2,2H3. The number of terminal acetylenes is 1. The number of rotatable bonds is 4. The van der Waals surface area contributed by atoms with E-state index in [-0.39, 0.29) is 18.0 Å². The van der Waals surface area contributed by atoms with Gasteiger partial charge >= 0.3 is 0 Å². The van der Waals surface area contributed by atoms with E-state index in [9.17, 15) is 10.1 Å². The van der Waals surface area contributed by atoms with Crippen molar-refractivity contribution in [3.63, 3.8) is 0 Å². The molecule has 1 amide bonds. The second kappa shape index (κ2) is 9.11. The van der Waals surface area contributed by atoms with E-state index < -0.39 is 0 Å². The quantitative estimate of drug-likeness (QED) is 0.332. The molecule has 194 valence electrons. The molecule has 9 nitrogen and oxygen atoms in total. The molecule has 3 aliphatic heterocycles. The zero-order chi connectivity index (χ0) is 27.4. The number of hydrogen-bond donors (Lipinski definition) is 0. The first kappa shape index (κ1) is 23.7. The Hall–Kier alpha value is -5.41. The van der Waals surface area contributed by atoms with E-state index in [4.69, 9.17) is 11.4 Å². The van der Waals surface area contributed by atoms with Crippen LogP contribution in [0.5, 0.6) is 0 Å². The van der Waals surface area contributed by atoms with Gasteiger partial charge in [-0.1, -0.05) is 12.0 Å². The zero-order valence-corrected chi connectivity index (χ0v) is 21.8. The van der Waals surface area contributed by atoms with E-state index >= 15 is 0 Å². The molecule has 2 unspecified atom stereocenters. The van der Waals surface area contributed by atoms with Gasteiger partial charge in [0.15, 0.2) is 0 Å². The Morgan fingerprint density at radius 1 is 1.00 bits per heavy atom. The van der Waals surface area contributed by atoms with Crippen molar-refractivity contribution in [1.82, 2.24) is 29.3 Å². The molecule has 1 aromatic carbocycles. The van der Waals surface area contributed by atoms with Gasteiger partial charge in [-0.2, -0.15) is 15.5 Å². The van der Waals surface area contributed by atoms with Gasteiger partial charge in [0.2, 0.25) is 0 Å². The van der Waals surface area contributed by atoms with Crippen LogP contribution in [0.1, 0.15) is 27.9 Å². The van der Waals surface area contributed by atoms with E-state index in [0.29, 0.717) is 16.7 Å². The molecule has 2 bridgehead atoms. The molecule has 8 rings (SSSR count). The largest absolute Gasteiger partial charge is 0.352 e. The summed E-state index contributed by atoms with van der Waals surface area (Å²) in [6, 6.07) is 15.9. The maximum absolute atomic E-state index is 13.2. The van der Waals surface area contributed by atoms with Crippen molar-refractivity contribution in [3.8, 4) is 40.7 Å². The summed E-state index contributed by atoms with van der Waals surface area (Å²) in [6.45, 7) is 1.46. The molecule has 7 heterocycles. The van der Waals surface area contributed by atoms with Crippen LogP contribution in [0.15, 0.2) is 73.4 Å². The molecule has 3 aliphatic rings. The number of piperazine rings is 1. The Balaban J connectivity index is 1.15. The summed E-state index contributed by atoms with van der Waals surface area (Å²) in [5.41, 5.74) is 6.27. The van der Waals surface area contributed by atoms with Crippen molar-refractivity contribution in [3.05, 3.63) is 90.1 Å². The highest BCUT2D eigenvalue weighted by Crippen LogP contribution is 2.37. The van der Waals surface area contributed by atoms with Crippen LogP contribution in [-0.4, -0.2) is 60.4 Å². The van der Waals surface area contributed by atoms with Crippen molar-refractivity contribution in [2.24, 2.45) is 7.05 Å². The maximum Gasteiger partial charge on any atom is 0.254 e. The Morgan fingerprint density at radius 2 is 1.85 bits per heavy atom. The van der Waals surface area contributed by atoms with Crippen LogP contribution in [0.4, 0.5) is 5.82 Å². The van der Waals surface area contributed by atoms with Gasteiger partial charge in [-0.15, -0.1) is 6.42 Å². The summed E-state index contributed by atoms with van der Waals surface area (Å²) in [5.74, 6) is 3.51. The van der Waals surface area contributed by atoms with Gasteiger partial charge in [0.1, 0.15) is 11.9 Å². The predicted molar refractivity (Wildman–Crippen MR) is 150 cm³/mol. The molecule has 4 aromatic heterocycles. The molecule has 3 saturated heterocycles. The fraction of sp³-hybridized carbons (Fsp3) is 0.194. The number of piperidine rings is 1. The van der Waals surface area contributed by atoms with Crippen molar-refractivity contribution in [1.29, 1.82) is 5.26 Å². The van der Waals surface area contributed by atoms with E-state index in [1.807, 2.05) is 67.1 Å². The first-order valence-electron chi connectivity index (χ1n) is 13.0. The number of nitrogens with zero attached hydrogens (tertiary/aromatic N) is 8. The molecule has 0 aliphatic carbocycles. The lowest BCUT2D eigenvalue weighted by Crippen LogP contribution is -2.70. The van der Waals surface area contributed by atoms with Crippen LogP contribution >= 0.6 is 0 Å². The average molecular weight is 525 g/mol. The van der Waals surface area contributed by atoms with Gasteiger partial charge in [-0.05, 0) is 42.8 Å². The fourth-order valence-corrected chi connectivity index (χ4v) is 5.90. The lowest BCUT2D eigenvalue weighted by atomic mass is 9.86. The summed E-state index contributed by atoms with van der Waals surface area (Å²) >= 11 is 0. The van der Waals surface area contributed by atoms with Gasteiger partial charge in [0.05, 0.1) is 35.6 Å². The Kier molecular flexibility index (Phi) is 5.39. The Bertz CT molecular complexity index is 1860. The third-order valence-electron chi connectivity index (χ3n) is 7.86. The highest BCUT2D eigenvalue weighted by atomic mass is 16.2. The highest BCUT2D eigenvalue weighted by molar-refractivity contribution is 5.96. The number of fused-ring (bicyclic) bond motifs is 3. The minimum Gasteiger partial charge on any atom is -0.352 e. The van der Waals surface area contributed by atoms with Crippen LogP contribution in [0.25, 0.3) is 27.8 Å². The SMILES string of the molecule is C#Cc1cccc(C(=O)N2C3CC2CN(c2ccc(-c4cc(-c5cnn(C)c5)cn5ncc(C#N)c45)cn2)C3)c1. The van der Waals surface area contributed by atoms with Crippen molar-refractivity contribution >= 4 is 17.2 Å². The van der Waals surface area contributed by atoms with Gasteiger partial charge in [-0.25, -0.2) is 9.50 Å². The predicted octanol–water partition coefficient (Wildman–Crippen LogP) is 3.75. The molecular weight excluding hydrogens is 500 g/mol. The Labute approximate surface area is 230 Å². The van der Waals surface area contributed by atoms with Crippen LogP contribution in [0.2, 0.25) is 0 Å². The molecule has 3 fully saturated rings. The topological polar surface area (TPSA) is 95.4 Å². The normalized spacial score (nSPS) is 17.8. The average Bonchev–Trinajstić information content (AvgIpc) is 3.62. The smallest absolute Gasteiger partial charge is 0.254 e. The number of aromatic nitrogens is 5. The third-order valence-corrected chi connectivity index (χ3v) is 7.86. The fourth-order valence-electron chi connectivity index (χ4n) is 5.90. The number of aryl methyl sites for hydroxylation is 1. The third kappa shape index (κ3) is 3.79. The molecule has 40 heavy (non-hydrogen) atoms. The summed E-state index contributed by atoms with van der Waals surface area (Å²) in [4.78, 5) is 22.3. The Morgan fingerprint density at radius 3 is 2.55 bits per heavy atom. The minimum atomic E-state index is 0.0351. The molecule has 9 heteroatoms. The number of benzene rings is 1. The number of carbonyl (C=O) groups excluding carboxylic acids is 1. The number of hydrogen-bond acceptors (Lipinski definition) is 6. The lowest BCUT2D eigenvalue weighted by Gasteiger charge is -2.56. The number of pyridine rings is 2. The molecule has 0 radical (unpaired) electrons. The summed E-state index contributed by atoms with van der Waals surface area (Å²) in [7, 11) is 1.88. The van der Waals surface area contributed by atoms with E-state index in [1.54, 1.807) is 21.5 Å². The monoisotopic (exact) mass is 524 g/mol. The molecule has 0 N–H and O–H groups in total. The van der Waals surface area contributed by atoms with Crippen LogP contribution in [0.3, 0.4) is 0 Å². The second-order valence-corrected chi connectivity index (χ2v) is 10.3. The van der Waals surface area contributed by atoms with Crippen LogP contribution in [0, 0.1) is 23.7 Å². The molecular formula is C31H24N8O. The summed E-state index contributed by atoms with van der Waals surface area (Å²) in [6.07, 6.45) is 15.6. The number of anilines is 1. The second-order valence-electron chi connectivity index (χ2n) is 10.3. The number of carbonyl (C=O) groups is 1. The van der Waals surface area contributed by atoms with E-state index in [1.165, 1.54) is 0 Å². The maximum atomic E-state index is 13.2. The van der Waals surface area contributed by atoms with E-state index in [2.05, 4.69) is 33.2 Å². The van der Waals surface area contributed by atoms with Crippen LogP contribution in [-0.2, 0) is 7.05 Å². The highest BCUT2D eigenvalue weighted by Gasteiger charge is 2.47. The van der Waals surface area contributed by atoms with Gasteiger partial charge < -0.3 is 9.80 Å². The summed E-state index contributed by atoms with van der Waals surface area (Å²) in [5, 5.41) is 18.4. The number of nitriles is 1. The zero-order valence-electron chi connectivity index (χ0n) is 21.8. The lowest BCUT2D eigenvalue weighted by molar-refractivity contribution is 0.00576. The summed E-state index contributed by atoms with van der Waals surface area (Å²) < 4.78 is 3.50. The molecule has 2 atom stereocenters. The van der Waals surface area contributed by atoms with Crippen molar-refractivity contribution in [2.75, 3.05) is 18.0 Å². The van der Waals surface area contributed by atoms with E-state index in [0.717, 1.165) is 53.1 Å².